The first-order valence-corrected chi connectivity index (χ1v) is 10.5. The summed E-state index contributed by atoms with van der Waals surface area (Å²) in [6.07, 6.45) is 4.76. The molecule has 0 aromatic heterocycles. The molecule has 2 fully saturated rings. The number of hydrogen-bond donors (Lipinski definition) is 0. The van der Waals surface area contributed by atoms with Gasteiger partial charge in [-0.15, -0.1) is 0 Å². The molecule has 0 atom stereocenters. The smallest absolute Gasteiger partial charge is 0.294 e. The fraction of sp³-hybridized carbons (Fsp3) is 0.476. The van der Waals surface area contributed by atoms with Crippen LogP contribution in [0.4, 0.5) is 4.79 Å². The summed E-state index contributed by atoms with van der Waals surface area (Å²) in [5, 5.41) is -0.390. The largest absolute Gasteiger partial charge is 0.493 e. The second kappa shape index (κ2) is 9.28. The molecule has 2 aliphatic heterocycles. The van der Waals surface area contributed by atoms with Gasteiger partial charge in [-0.2, -0.15) is 0 Å². The highest BCUT2D eigenvalue weighted by atomic mass is 32.2. The number of carbonyl (C=O) groups excluding carboxylic acids is 3. The first kappa shape index (κ1) is 20.5. The lowest BCUT2D eigenvalue weighted by Gasteiger charge is -2.27. The molecule has 28 heavy (non-hydrogen) atoms. The fourth-order valence-electron chi connectivity index (χ4n) is 3.09. The second-order valence-electron chi connectivity index (χ2n) is 7.48. The summed E-state index contributed by atoms with van der Waals surface area (Å²) < 4.78 is 5.65. The number of ether oxygens (including phenoxy) is 1. The van der Waals surface area contributed by atoms with E-state index in [1.54, 1.807) is 11.0 Å². The number of amides is 3. The average Bonchev–Trinajstić information content (AvgIpc) is 2.95. The van der Waals surface area contributed by atoms with Crippen LogP contribution in [0.2, 0.25) is 0 Å². The van der Waals surface area contributed by atoms with Gasteiger partial charge in [0, 0.05) is 13.1 Å². The summed E-state index contributed by atoms with van der Waals surface area (Å²) in [6, 6.07) is 7.39. The van der Waals surface area contributed by atoms with Crippen molar-refractivity contribution in [3.63, 3.8) is 0 Å². The Bertz CT molecular complexity index is 767. The predicted octanol–water partition coefficient (Wildman–Crippen LogP) is 3.77. The minimum atomic E-state index is -0.402. The molecule has 0 unspecified atom stereocenters. The number of benzene rings is 1. The van der Waals surface area contributed by atoms with Crippen molar-refractivity contribution in [3.8, 4) is 5.75 Å². The first-order chi connectivity index (χ1) is 13.4. The number of thioether (sulfide) groups is 1. The third-order valence-electron chi connectivity index (χ3n) is 4.64. The van der Waals surface area contributed by atoms with E-state index in [-0.39, 0.29) is 12.5 Å². The molecule has 0 radical (unpaired) electrons. The number of nitrogens with zero attached hydrogens (tertiary/aromatic N) is 2. The summed E-state index contributed by atoms with van der Waals surface area (Å²) in [5.74, 6) is 0.653. The van der Waals surface area contributed by atoms with Crippen molar-refractivity contribution in [1.82, 2.24) is 9.80 Å². The molecule has 1 aromatic rings. The van der Waals surface area contributed by atoms with Crippen molar-refractivity contribution in [3.05, 3.63) is 34.7 Å². The van der Waals surface area contributed by atoms with Crippen LogP contribution in [0.3, 0.4) is 0 Å². The van der Waals surface area contributed by atoms with Crippen LogP contribution in [0.25, 0.3) is 6.08 Å². The van der Waals surface area contributed by atoms with Crippen molar-refractivity contribution in [2.45, 2.75) is 33.1 Å². The Kier molecular flexibility index (Phi) is 6.78. The summed E-state index contributed by atoms with van der Waals surface area (Å²) in [5.41, 5.74) is 0.810. The number of hydrogen-bond acceptors (Lipinski definition) is 5. The summed E-state index contributed by atoms with van der Waals surface area (Å²) in [7, 11) is 0. The van der Waals surface area contributed by atoms with Gasteiger partial charge in [-0.3, -0.25) is 19.3 Å². The first-order valence-electron chi connectivity index (χ1n) is 9.70. The predicted molar refractivity (Wildman–Crippen MR) is 110 cm³/mol. The van der Waals surface area contributed by atoms with Gasteiger partial charge >= 0.3 is 0 Å². The SMILES string of the molecule is CC(C)COc1ccc(/C=C2\SC(=O)N(CC(=O)N3CCCCC3)C2=O)cc1. The van der Waals surface area contributed by atoms with Crippen molar-refractivity contribution in [1.29, 1.82) is 0 Å². The van der Waals surface area contributed by atoms with Crippen LogP contribution < -0.4 is 4.74 Å². The molecule has 2 saturated heterocycles. The van der Waals surface area contributed by atoms with Crippen LogP contribution in [0.1, 0.15) is 38.7 Å². The van der Waals surface area contributed by atoms with Gasteiger partial charge in [0.05, 0.1) is 11.5 Å². The standard InChI is InChI=1S/C21H26N2O4S/c1-15(2)14-27-17-8-6-16(7-9-17)12-18-20(25)23(21(26)28-18)13-19(24)22-10-4-3-5-11-22/h6-9,12,15H,3-5,10-11,13-14H2,1-2H3/b18-12-. The van der Waals surface area contributed by atoms with E-state index < -0.39 is 11.1 Å². The maximum Gasteiger partial charge on any atom is 0.294 e. The number of piperidine rings is 1. The van der Waals surface area contributed by atoms with Gasteiger partial charge in [0.1, 0.15) is 12.3 Å². The van der Waals surface area contributed by atoms with Gasteiger partial charge in [-0.25, -0.2) is 0 Å². The average molecular weight is 403 g/mol. The topological polar surface area (TPSA) is 66.9 Å². The normalized spacial score (nSPS) is 19.0. The molecule has 150 valence electrons. The Labute approximate surface area is 169 Å². The number of carbonyl (C=O) groups is 3. The summed E-state index contributed by atoms with van der Waals surface area (Å²) in [6.45, 7) is 6.04. The zero-order chi connectivity index (χ0) is 20.1. The lowest BCUT2D eigenvalue weighted by atomic mass is 10.1. The third-order valence-corrected chi connectivity index (χ3v) is 5.54. The maximum atomic E-state index is 12.6. The molecular formula is C21H26N2O4S. The van der Waals surface area contributed by atoms with Crippen molar-refractivity contribution < 1.29 is 19.1 Å². The highest BCUT2D eigenvalue weighted by Crippen LogP contribution is 2.32. The molecule has 1 aromatic carbocycles. The molecule has 6 nitrogen and oxygen atoms in total. The molecule has 0 aliphatic carbocycles. The van der Waals surface area contributed by atoms with E-state index in [4.69, 9.17) is 4.74 Å². The van der Waals surface area contributed by atoms with E-state index in [2.05, 4.69) is 13.8 Å². The highest BCUT2D eigenvalue weighted by molar-refractivity contribution is 8.18. The van der Waals surface area contributed by atoms with E-state index in [1.807, 2.05) is 24.3 Å². The molecule has 2 heterocycles. The summed E-state index contributed by atoms with van der Waals surface area (Å²) >= 11 is 0.880. The molecule has 3 rings (SSSR count). The van der Waals surface area contributed by atoms with Gasteiger partial charge in [-0.1, -0.05) is 26.0 Å². The molecule has 0 saturated carbocycles. The molecular weight excluding hydrogens is 376 g/mol. The van der Waals surface area contributed by atoms with Gasteiger partial charge in [0.25, 0.3) is 11.1 Å². The van der Waals surface area contributed by atoms with Crippen LogP contribution >= 0.6 is 11.8 Å². The van der Waals surface area contributed by atoms with Crippen molar-refractivity contribution >= 4 is 34.9 Å². The van der Waals surface area contributed by atoms with Crippen molar-refractivity contribution in [2.75, 3.05) is 26.2 Å². The number of rotatable bonds is 6. The number of likely N-dealkylation sites (tertiary alicyclic amines) is 1. The highest BCUT2D eigenvalue weighted by Gasteiger charge is 2.37. The minimum Gasteiger partial charge on any atom is -0.493 e. The van der Waals surface area contributed by atoms with Crippen LogP contribution in [0.15, 0.2) is 29.2 Å². The van der Waals surface area contributed by atoms with Gasteiger partial charge in [0.15, 0.2) is 0 Å². The molecule has 3 amide bonds. The van der Waals surface area contributed by atoms with Crippen molar-refractivity contribution in [2.24, 2.45) is 5.92 Å². The zero-order valence-corrected chi connectivity index (χ0v) is 17.2. The van der Waals surface area contributed by atoms with E-state index >= 15 is 0 Å². The van der Waals surface area contributed by atoms with E-state index in [9.17, 15) is 14.4 Å². The van der Waals surface area contributed by atoms with Gasteiger partial charge in [-0.05, 0) is 60.7 Å². The van der Waals surface area contributed by atoms with E-state index in [0.717, 1.165) is 47.2 Å². The quantitative estimate of drug-likeness (QED) is 0.678. The molecule has 2 aliphatic rings. The molecule has 0 N–H and O–H groups in total. The molecule has 7 heteroatoms. The van der Waals surface area contributed by atoms with E-state index in [1.165, 1.54) is 0 Å². The van der Waals surface area contributed by atoms with Gasteiger partial charge < -0.3 is 9.64 Å². The summed E-state index contributed by atoms with van der Waals surface area (Å²) in [4.78, 5) is 40.4. The Morgan fingerprint density at radius 3 is 2.46 bits per heavy atom. The number of imide groups is 1. The Balaban J connectivity index is 1.62. The van der Waals surface area contributed by atoms with Crippen LogP contribution in [0.5, 0.6) is 5.75 Å². The van der Waals surface area contributed by atoms with Gasteiger partial charge in [0.2, 0.25) is 5.91 Å². The molecule has 0 spiro atoms. The van der Waals surface area contributed by atoms with E-state index in [0.29, 0.717) is 30.5 Å². The third kappa shape index (κ3) is 5.16. The zero-order valence-electron chi connectivity index (χ0n) is 16.3. The maximum absolute atomic E-state index is 12.6. The van der Waals surface area contributed by atoms with Crippen LogP contribution in [-0.4, -0.2) is 53.1 Å². The Morgan fingerprint density at radius 2 is 1.82 bits per heavy atom. The molecule has 0 bridgehead atoms. The minimum absolute atomic E-state index is 0.157. The Morgan fingerprint density at radius 1 is 1.14 bits per heavy atom. The second-order valence-corrected chi connectivity index (χ2v) is 8.48. The lowest BCUT2D eigenvalue weighted by Crippen LogP contribution is -2.44. The van der Waals surface area contributed by atoms with Crippen LogP contribution in [-0.2, 0) is 9.59 Å². The van der Waals surface area contributed by atoms with Crippen LogP contribution in [0, 0.1) is 5.92 Å². The monoisotopic (exact) mass is 402 g/mol. The fourth-order valence-corrected chi connectivity index (χ4v) is 3.93. The lowest BCUT2D eigenvalue weighted by molar-refractivity contribution is -0.136. The Hall–Kier alpha value is -2.28.